The molecule has 3 rings (SSSR count). The molecular formula is C20H21N3OS. The van der Waals surface area contributed by atoms with Gasteiger partial charge in [-0.1, -0.05) is 36.4 Å². The summed E-state index contributed by atoms with van der Waals surface area (Å²) in [5.41, 5.74) is 2.85. The van der Waals surface area contributed by atoms with E-state index >= 15 is 0 Å². The zero-order valence-electron chi connectivity index (χ0n) is 14.6. The highest BCUT2D eigenvalue weighted by molar-refractivity contribution is 7.17. The van der Waals surface area contributed by atoms with Crippen molar-refractivity contribution in [1.29, 1.82) is 0 Å². The molecule has 2 heterocycles. The third kappa shape index (κ3) is 3.94. The Labute approximate surface area is 152 Å². The molecule has 2 aromatic heterocycles. The maximum Gasteiger partial charge on any atom is 0.266 e. The van der Waals surface area contributed by atoms with Gasteiger partial charge >= 0.3 is 0 Å². The minimum absolute atomic E-state index is 0.0241. The summed E-state index contributed by atoms with van der Waals surface area (Å²) in [6, 6.07) is 13.9. The van der Waals surface area contributed by atoms with Gasteiger partial charge in [0.2, 0.25) is 0 Å². The van der Waals surface area contributed by atoms with Crippen molar-refractivity contribution >= 4 is 17.2 Å². The van der Waals surface area contributed by atoms with Crippen molar-refractivity contribution in [2.24, 2.45) is 0 Å². The van der Waals surface area contributed by atoms with Crippen LogP contribution in [0.25, 0.3) is 10.6 Å². The number of carbonyl (C=O) groups is 1. The van der Waals surface area contributed by atoms with Crippen molar-refractivity contribution < 1.29 is 4.79 Å². The molecule has 4 nitrogen and oxygen atoms in total. The Hall–Kier alpha value is -2.53. The molecule has 0 saturated heterocycles. The van der Waals surface area contributed by atoms with Crippen LogP contribution in [0.4, 0.5) is 0 Å². The van der Waals surface area contributed by atoms with Crippen molar-refractivity contribution in [2.75, 3.05) is 0 Å². The number of hydrogen-bond acceptors (Lipinski definition) is 4. The summed E-state index contributed by atoms with van der Waals surface area (Å²) in [5.74, 6) is 0.0241. The summed E-state index contributed by atoms with van der Waals surface area (Å²) in [6.07, 6.45) is 3.54. The summed E-state index contributed by atoms with van der Waals surface area (Å²) >= 11 is 1.46. The number of hydrogen-bond donors (Lipinski definition) is 0. The van der Waals surface area contributed by atoms with Crippen LogP contribution in [-0.4, -0.2) is 26.8 Å². The number of amides is 1. The van der Waals surface area contributed by atoms with Crippen LogP contribution in [0.15, 0.2) is 54.9 Å². The predicted molar refractivity (Wildman–Crippen MR) is 102 cm³/mol. The highest BCUT2D eigenvalue weighted by Gasteiger charge is 2.24. The maximum absolute atomic E-state index is 13.1. The van der Waals surface area contributed by atoms with Gasteiger partial charge in [-0.25, -0.2) is 4.98 Å². The summed E-state index contributed by atoms with van der Waals surface area (Å²) < 4.78 is 0. The summed E-state index contributed by atoms with van der Waals surface area (Å²) in [7, 11) is 0. The summed E-state index contributed by atoms with van der Waals surface area (Å²) in [4.78, 5) is 24.5. The van der Waals surface area contributed by atoms with Crippen molar-refractivity contribution in [1.82, 2.24) is 14.9 Å². The fraction of sp³-hybridized carbons (Fsp3) is 0.250. The first-order valence-corrected chi connectivity index (χ1v) is 9.10. The second kappa shape index (κ2) is 7.57. The zero-order chi connectivity index (χ0) is 17.8. The highest BCUT2D eigenvalue weighted by atomic mass is 32.1. The number of carbonyl (C=O) groups excluding carboxylic acids is 1. The van der Waals surface area contributed by atoms with Crippen LogP contribution in [0.1, 0.15) is 34.8 Å². The lowest BCUT2D eigenvalue weighted by molar-refractivity contribution is 0.0694. The molecule has 1 aromatic carbocycles. The predicted octanol–water partition coefficient (Wildman–Crippen LogP) is 4.56. The van der Waals surface area contributed by atoms with Gasteiger partial charge in [0.15, 0.2) is 0 Å². The van der Waals surface area contributed by atoms with E-state index in [9.17, 15) is 4.79 Å². The van der Waals surface area contributed by atoms with E-state index in [0.717, 1.165) is 21.8 Å². The maximum atomic E-state index is 13.1. The molecule has 1 amide bonds. The van der Waals surface area contributed by atoms with E-state index in [2.05, 4.69) is 9.97 Å². The van der Waals surface area contributed by atoms with E-state index in [-0.39, 0.29) is 11.9 Å². The van der Waals surface area contributed by atoms with Gasteiger partial charge in [0.05, 0.1) is 5.69 Å². The standard InChI is InChI=1S/C20H21N3OS/c1-14(2)23(13-16-8-7-11-21-12-16)20(24)18-15(3)22-19(25-18)17-9-5-4-6-10-17/h4-12,14H,13H2,1-3H3. The molecule has 0 aliphatic heterocycles. The van der Waals surface area contributed by atoms with Crippen molar-refractivity contribution in [3.63, 3.8) is 0 Å². The lowest BCUT2D eigenvalue weighted by Crippen LogP contribution is -2.36. The highest BCUT2D eigenvalue weighted by Crippen LogP contribution is 2.29. The second-order valence-corrected chi connectivity index (χ2v) is 7.19. The van der Waals surface area contributed by atoms with Crippen LogP contribution < -0.4 is 0 Å². The van der Waals surface area contributed by atoms with Gasteiger partial charge in [0.25, 0.3) is 5.91 Å². The number of rotatable bonds is 5. The molecule has 25 heavy (non-hydrogen) atoms. The molecule has 0 aliphatic rings. The average Bonchev–Trinajstić information content (AvgIpc) is 3.02. The Bertz CT molecular complexity index is 844. The van der Waals surface area contributed by atoms with E-state index in [1.807, 2.05) is 68.1 Å². The minimum atomic E-state index is 0.0241. The van der Waals surface area contributed by atoms with Gasteiger partial charge in [-0.3, -0.25) is 9.78 Å². The number of pyridine rings is 1. The van der Waals surface area contributed by atoms with Crippen molar-refractivity contribution in [3.8, 4) is 10.6 Å². The van der Waals surface area contributed by atoms with Crippen LogP contribution in [0.2, 0.25) is 0 Å². The van der Waals surface area contributed by atoms with E-state index in [1.165, 1.54) is 11.3 Å². The lowest BCUT2D eigenvalue weighted by atomic mass is 10.2. The van der Waals surface area contributed by atoms with Gasteiger partial charge in [-0.05, 0) is 32.4 Å². The van der Waals surface area contributed by atoms with Gasteiger partial charge in [0.1, 0.15) is 9.88 Å². The Morgan fingerprint density at radius 1 is 1.16 bits per heavy atom. The molecule has 128 valence electrons. The van der Waals surface area contributed by atoms with Crippen LogP contribution in [-0.2, 0) is 6.54 Å². The Morgan fingerprint density at radius 3 is 2.56 bits per heavy atom. The lowest BCUT2D eigenvalue weighted by Gasteiger charge is -2.26. The van der Waals surface area contributed by atoms with Crippen LogP contribution >= 0.6 is 11.3 Å². The second-order valence-electron chi connectivity index (χ2n) is 6.19. The largest absolute Gasteiger partial charge is 0.331 e. The zero-order valence-corrected chi connectivity index (χ0v) is 15.5. The number of nitrogens with zero attached hydrogens (tertiary/aromatic N) is 3. The molecule has 0 N–H and O–H groups in total. The first kappa shape index (κ1) is 17.3. The molecule has 0 atom stereocenters. The van der Waals surface area contributed by atoms with E-state index in [1.54, 1.807) is 12.4 Å². The third-order valence-corrected chi connectivity index (χ3v) is 5.17. The number of benzene rings is 1. The average molecular weight is 351 g/mol. The molecule has 0 bridgehead atoms. The van der Waals surface area contributed by atoms with Gasteiger partial charge in [-0.2, -0.15) is 0 Å². The van der Waals surface area contributed by atoms with Gasteiger partial charge in [0, 0.05) is 30.5 Å². The fourth-order valence-corrected chi connectivity index (χ4v) is 3.63. The van der Waals surface area contributed by atoms with E-state index < -0.39 is 0 Å². The number of aryl methyl sites for hydroxylation is 1. The van der Waals surface area contributed by atoms with Crippen LogP contribution in [0, 0.1) is 6.92 Å². The molecule has 0 unspecified atom stereocenters. The molecule has 0 saturated carbocycles. The molecule has 5 heteroatoms. The summed E-state index contributed by atoms with van der Waals surface area (Å²) in [6.45, 7) is 6.51. The molecule has 3 aromatic rings. The first-order chi connectivity index (χ1) is 12.1. The SMILES string of the molecule is Cc1nc(-c2ccccc2)sc1C(=O)N(Cc1cccnc1)C(C)C. The molecule has 0 radical (unpaired) electrons. The topological polar surface area (TPSA) is 46.1 Å². The Balaban J connectivity index is 1.89. The van der Waals surface area contributed by atoms with Crippen LogP contribution in [0.5, 0.6) is 0 Å². The quantitative estimate of drug-likeness (QED) is 0.677. The summed E-state index contributed by atoms with van der Waals surface area (Å²) in [5, 5.41) is 0.881. The smallest absolute Gasteiger partial charge is 0.266 e. The van der Waals surface area contributed by atoms with E-state index in [0.29, 0.717) is 11.4 Å². The normalized spacial score (nSPS) is 10.9. The van der Waals surface area contributed by atoms with Gasteiger partial charge < -0.3 is 4.90 Å². The number of thiazole rings is 1. The first-order valence-electron chi connectivity index (χ1n) is 8.29. The molecule has 0 spiro atoms. The molecular weight excluding hydrogens is 330 g/mol. The fourth-order valence-electron chi connectivity index (χ4n) is 2.61. The Kier molecular flexibility index (Phi) is 5.24. The van der Waals surface area contributed by atoms with Gasteiger partial charge in [-0.15, -0.1) is 11.3 Å². The molecule has 0 aliphatic carbocycles. The number of aromatic nitrogens is 2. The van der Waals surface area contributed by atoms with Crippen molar-refractivity contribution in [3.05, 3.63) is 71.0 Å². The molecule has 0 fully saturated rings. The minimum Gasteiger partial charge on any atom is -0.331 e. The van der Waals surface area contributed by atoms with Crippen LogP contribution in [0.3, 0.4) is 0 Å². The Morgan fingerprint density at radius 2 is 1.92 bits per heavy atom. The monoisotopic (exact) mass is 351 g/mol. The van der Waals surface area contributed by atoms with E-state index in [4.69, 9.17) is 0 Å². The van der Waals surface area contributed by atoms with Crippen molar-refractivity contribution in [2.45, 2.75) is 33.4 Å². The third-order valence-electron chi connectivity index (χ3n) is 3.97.